The molecule has 3 aromatic carbocycles. The summed E-state index contributed by atoms with van der Waals surface area (Å²) in [6, 6.07) is 21.0. The summed E-state index contributed by atoms with van der Waals surface area (Å²) in [5.41, 5.74) is 6.53. The summed E-state index contributed by atoms with van der Waals surface area (Å²) < 4.78 is 7.73. The minimum absolute atomic E-state index is 1.01. The Morgan fingerprint density at radius 3 is 2.59 bits per heavy atom. The zero-order valence-corrected chi connectivity index (χ0v) is 12.4. The van der Waals surface area contributed by atoms with Crippen LogP contribution in [0.4, 0.5) is 0 Å². The normalized spacial score (nSPS) is 11.6. The van der Waals surface area contributed by atoms with E-state index in [1.54, 1.807) is 0 Å². The van der Waals surface area contributed by atoms with Crippen LogP contribution in [-0.4, -0.2) is 13.7 Å². The van der Waals surface area contributed by atoms with Gasteiger partial charge >= 0.3 is 0 Å². The molecule has 0 aliphatic rings. The van der Waals surface area contributed by atoms with Crippen LogP contribution in [0, 0.1) is 0 Å². The number of hydrogen-bond donors (Lipinski definition) is 1. The van der Waals surface area contributed by atoms with Crippen molar-refractivity contribution in [1.82, 2.24) is 13.7 Å². The van der Waals surface area contributed by atoms with Gasteiger partial charge in [-0.3, -0.25) is 4.37 Å². The van der Waals surface area contributed by atoms with E-state index >= 15 is 0 Å². The molecule has 2 heterocycles. The zero-order chi connectivity index (χ0) is 14.5. The van der Waals surface area contributed by atoms with Gasteiger partial charge in [-0.15, -0.1) is 0 Å². The lowest BCUT2D eigenvalue weighted by Gasteiger charge is -2.01. The van der Waals surface area contributed by atoms with Crippen LogP contribution in [0.2, 0.25) is 0 Å². The van der Waals surface area contributed by atoms with Crippen LogP contribution in [0.25, 0.3) is 44.0 Å². The van der Waals surface area contributed by atoms with E-state index in [2.05, 4.69) is 57.3 Å². The molecule has 0 aliphatic carbocycles. The zero-order valence-electron chi connectivity index (χ0n) is 11.6. The van der Waals surface area contributed by atoms with Gasteiger partial charge in [0, 0.05) is 22.5 Å². The van der Waals surface area contributed by atoms with Crippen LogP contribution in [0.15, 0.2) is 60.7 Å². The van der Waals surface area contributed by atoms with E-state index in [-0.39, 0.29) is 0 Å². The fourth-order valence-electron chi connectivity index (χ4n) is 3.01. The fraction of sp³-hybridized carbons (Fsp3) is 0. The van der Waals surface area contributed by atoms with Gasteiger partial charge in [-0.25, -0.2) is 4.98 Å². The maximum absolute atomic E-state index is 4.73. The molecule has 0 bridgehead atoms. The molecule has 0 atom stereocenters. The first kappa shape index (κ1) is 11.9. The van der Waals surface area contributed by atoms with Gasteiger partial charge in [0.2, 0.25) is 0 Å². The van der Waals surface area contributed by atoms with Crippen LogP contribution < -0.4 is 0 Å². The van der Waals surface area contributed by atoms with Gasteiger partial charge in [-0.1, -0.05) is 36.4 Å². The Morgan fingerprint density at radius 1 is 0.818 bits per heavy atom. The first-order chi connectivity index (χ1) is 10.9. The van der Waals surface area contributed by atoms with Gasteiger partial charge in [0.25, 0.3) is 0 Å². The molecule has 22 heavy (non-hydrogen) atoms. The summed E-state index contributed by atoms with van der Waals surface area (Å²) in [6.07, 6.45) is 0. The van der Waals surface area contributed by atoms with Crippen molar-refractivity contribution in [2.75, 3.05) is 0 Å². The average Bonchev–Trinajstić information content (AvgIpc) is 3.18. The molecule has 0 unspecified atom stereocenters. The van der Waals surface area contributed by atoms with Crippen molar-refractivity contribution in [3.8, 4) is 11.1 Å². The summed E-state index contributed by atoms with van der Waals surface area (Å²) in [6.45, 7) is 0. The van der Waals surface area contributed by atoms with Crippen molar-refractivity contribution in [1.29, 1.82) is 0 Å². The quantitative estimate of drug-likeness (QED) is 0.474. The first-order valence-electron chi connectivity index (χ1n) is 7.12. The van der Waals surface area contributed by atoms with Gasteiger partial charge in [0.1, 0.15) is 5.52 Å². The Labute approximate surface area is 130 Å². The van der Waals surface area contributed by atoms with Gasteiger partial charge in [-0.2, -0.15) is 4.37 Å². The fourth-order valence-corrected chi connectivity index (χ4v) is 3.60. The topological polar surface area (TPSA) is 41.6 Å². The number of hydrogen-bond acceptors (Lipinski definition) is 3. The maximum atomic E-state index is 4.73. The molecule has 104 valence electrons. The maximum Gasteiger partial charge on any atom is 0.112 e. The number of rotatable bonds is 1. The number of nitrogens with one attached hydrogen (secondary N) is 1. The lowest BCUT2D eigenvalue weighted by Crippen LogP contribution is -1.77. The Hall–Kier alpha value is -2.72. The van der Waals surface area contributed by atoms with Gasteiger partial charge < -0.3 is 0 Å². The highest BCUT2D eigenvalue weighted by Crippen LogP contribution is 2.33. The highest BCUT2D eigenvalue weighted by Gasteiger charge is 2.12. The lowest BCUT2D eigenvalue weighted by atomic mass is 10.0. The van der Waals surface area contributed by atoms with Crippen molar-refractivity contribution in [2.45, 2.75) is 0 Å². The van der Waals surface area contributed by atoms with Crippen LogP contribution in [0.3, 0.4) is 0 Å². The highest BCUT2D eigenvalue weighted by atomic mass is 32.1. The minimum Gasteiger partial charge on any atom is -0.293 e. The number of benzene rings is 3. The second-order valence-electron chi connectivity index (χ2n) is 5.35. The molecule has 0 amide bonds. The third kappa shape index (κ3) is 1.61. The first-order valence-corrected chi connectivity index (χ1v) is 7.89. The molecule has 0 saturated heterocycles. The largest absolute Gasteiger partial charge is 0.293 e. The molecule has 0 fully saturated rings. The Kier molecular flexibility index (Phi) is 2.37. The summed E-state index contributed by atoms with van der Waals surface area (Å²) >= 11 is 1.38. The van der Waals surface area contributed by atoms with E-state index in [9.17, 15) is 0 Å². The van der Waals surface area contributed by atoms with E-state index in [4.69, 9.17) is 4.98 Å². The molecule has 5 aromatic rings. The molecule has 0 spiro atoms. The summed E-state index contributed by atoms with van der Waals surface area (Å²) in [5, 5.41) is 2.31. The molecule has 0 aliphatic heterocycles. The van der Waals surface area contributed by atoms with Crippen LogP contribution in [0.5, 0.6) is 0 Å². The second kappa shape index (κ2) is 4.39. The smallest absolute Gasteiger partial charge is 0.112 e. The minimum atomic E-state index is 1.01. The van der Waals surface area contributed by atoms with Crippen LogP contribution in [-0.2, 0) is 0 Å². The summed E-state index contributed by atoms with van der Waals surface area (Å²) in [7, 11) is 0. The highest BCUT2D eigenvalue weighted by molar-refractivity contribution is 7.00. The van der Waals surface area contributed by atoms with Crippen molar-refractivity contribution in [3.63, 3.8) is 0 Å². The standard InChI is InChI=1S/C18H11N3S/c1-2-4-11(5-3-1)12-6-7-14-13(10-12)17-15(19-14)8-9-16-18(17)21-22-20-16/h1-10,20H. The molecule has 0 radical (unpaired) electrons. The van der Waals surface area contributed by atoms with E-state index in [1.165, 1.54) is 28.2 Å². The number of aromatic amines is 1. The molecule has 3 nitrogen and oxygen atoms in total. The van der Waals surface area contributed by atoms with Crippen molar-refractivity contribution in [2.24, 2.45) is 0 Å². The Morgan fingerprint density at radius 2 is 1.68 bits per heavy atom. The van der Waals surface area contributed by atoms with E-state index in [0.29, 0.717) is 0 Å². The Balaban J connectivity index is 1.91. The molecule has 2 aromatic heterocycles. The average molecular weight is 301 g/mol. The molecule has 1 N–H and O–H groups in total. The predicted molar refractivity (Wildman–Crippen MR) is 92.2 cm³/mol. The predicted octanol–water partition coefficient (Wildman–Crippen LogP) is 4.99. The van der Waals surface area contributed by atoms with Crippen molar-refractivity contribution < 1.29 is 0 Å². The third-order valence-electron chi connectivity index (χ3n) is 4.06. The molecule has 0 saturated carbocycles. The van der Waals surface area contributed by atoms with E-state index in [0.717, 1.165) is 27.5 Å². The van der Waals surface area contributed by atoms with Crippen molar-refractivity contribution >= 4 is 44.6 Å². The summed E-state index contributed by atoms with van der Waals surface area (Å²) in [5.74, 6) is 0. The van der Waals surface area contributed by atoms with Gasteiger partial charge in [-0.05, 0) is 35.4 Å². The lowest BCUT2D eigenvalue weighted by molar-refractivity contribution is 1.54. The number of H-pyrrole nitrogens is 1. The van der Waals surface area contributed by atoms with Gasteiger partial charge in [0.15, 0.2) is 0 Å². The third-order valence-corrected chi connectivity index (χ3v) is 4.65. The molecular weight excluding hydrogens is 290 g/mol. The number of aromatic nitrogens is 3. The SMILES string of the molecule is c1ccc(-c2ccc3nc4ccc5[nH]snc5c4c3c2)cc1. The Bertz CT molecular complexity index is 1120. The van der Waals surface area contributed by atoms with E-state index < -0.39 is 0 Å². The second-order valence-corrected chi connectivity index (χ2v) is 5.92. The van der Waals surface area contributed by atoms with Gasteiger partial charge in [0.05, 0.1) is 16.6 Å². The summed E-state index contributed by atoms with van der Waals surface area (Å²) in [4.78, 5) is 4.73. The molecule has 5 rings (SSSR count). The van der Waals surface area contributed by atoms with Crippen LogP contribution in [0.1, 0.15) is 0 Å². The molecule has 4 heteroatoms. The van der Waals surface area contributed by atoms with Crippen molar-refractivity contribution in [3.05, 3.63) is 60.7 Å². The monoisotopic (exact) mass is 301 g/mol. The molecular formula is C18H11N3S. The number of nitrogens with zero attached hydrogens (tertiary/aromatic N) is 2. The van der Waals surface area contributed by atoms with Crippen LogP contribution >= 0.6 is 11.7 Å². The number of fused-ring (bicyclic) bond motifs is 5. The van der Waals surface area contributed by atoms with E-state index in [1.807, 2.05) is 12.1 Å².